The number of carbonyl (C=O) groups is 3. The smallest absolute Gasteiger partial charge is 0.338 e. The zero-order valence-electron chi connectivity index (χ0n) is 13.5. The SMILES string of the molecule is CNC(=O)CN(C)C(=O)COC(=O)c1cc(OC)cc(OC)c1. The first kappa shape index (κ1) is 18.3. The van der Waals surface area contributed by atoms with E-state index in [4.69, 9.17) is 14.2 Å². The first-order valence-corrected chi connectivity index (χ1v) is 6.76. The number of hydrogen-bond donors (Lipinski definition) is 1. The van der Waals surface area contributed by atoms with Gasteiger partial charge in [-0.1, -0.05) is 0 Å². The standard InChI is InChI=1S/C15H20N2O6/c1-16-13(18)8-17(2)14(19)9-23-15(20)10-5-11(21-3)7-12(6-10)22-4/h5-7H,8-9H2,1-4H3,(H,16,18). The molecule has 23 heavy (non-hydrogen) atoms. The first-order chi connectivity index (χ1) is 10.9. The number of benzene rings is 1. The van der Waals surface area contributed by atoms with Crippen LogP contribution in [0, 0.1) is 0 Å². The summed E-state index contributed by atoms with van der Waals surface area (Å²) in [4.78, 5) is 36.2. The highest BCUT2D eigenvalue weighted by atomic mass is 16.5. The number of likely N-dealkylation sites (N-methyl/N-ethyl adjacent to an activating group) is 2. The van der Waals surface area contributed by atoms with Crippen LogP contribution in [-0.2, 0) is 14.3 Å². The average Bonchev–Trinajstić information content (AvgIpc) is 2.58. The van der Waals surface area contributed by atoms with E-state index in [1.807, 2.05) is 0 Å². The van der Waals surface area contributed by atoms with E-state index in [-0.39, 0.29) is 18.0 Å². The second kappa shape index (κ2) is 8.62. The summed E-state index contributed by atoms with van der Waals surface area (Å²) in [7, 11) is 5.83. The van der Waals surface area contributed by atoms with E-state index < -0.39 is 18.5 Å². The van der Waals surface area contributed by atoms with Gasteiger partial charge in [0, 0.05) is 20.2 Å². The summed E-state index contributed by atoms with van der Waals surface area (Å²) in [5.74, 6) is -0.635. The van der Waals surface area contributed by atoms with E-state index in [1.165, 1.54) is 40.4 Å². The number of rotatable bonds is 7. The Hall–Kier alpha value is -2.77. The Morgan fingerprint density at radius 3 is 2.13 bits per heavy atom. The van der Waals surface area contributed by atoms with Crippen LogP contribution in [0.4, 0.5) is 0 Å². The van der Waals surface area contributed by atoms with Gasteiger partial charge in [-0.05, 0) is 12.1 Å². The van der Waals surface area contributed by atoms with Crippen LogP contribution in [0.2, 0.25) is 0 Å². The number of hydrogen-bond acceptors (Lipinski definition) is 6. The summed E-state index contributed by atoms with van der Waals surface area (Å²) in [6.45, 7) is -0.578. The number of amides is 2. The van der Waals surface area contributed by atoms with Crippen LogP contribution in [0.3, 0.4) is 0 Å². The second-order valence-electron chi connectivity index (χ2n) is 4.60. The van der Waals surface area contributed by atoms with Gasteiger partial charge in [-0.25, -0.2) is 4.79 Å². The fraction of sp³-hybridized carbons (Fsp3) is 0.400. The number of carbonyl (C=O) groups excluding carboxylic acids is 3. The molecule has 8 heteroatoms. The van der Waals surface area contributed by atoms with Crippen LogP contribution in [0.15, 0.2) is 18.2 Å². The van der Waals surface area contributed by atoms with Gasteiger partial charge in [0.1, 0.15) is 11.5 Å². The molecule has 0 fully saturated rings. The van der Waals surface area contributed by atoms with E-state index in [0.717, 1.165) is 4.90 Å². The van der Waals surface area contributed by atoms with Crippen molar-refractivity contribution in [3.63, 3.8) is 0 Å². The molecule has 0 saturated carbocycles. The monoisotopic (exact) mass is 324 g/mol. The normalized spacial score (nSPS) is 9.74. The number of esters is 1. The van der Waals surface area contributed by atoms with Crippen LogP contribution >= 0.6 is 0 Å². The lowest BCUT2D eigenvalue weighted by molar-refractivity contribution is -0.137. The molecule has 8 nitrogen and oxygen atoms in total. The molecule has 1 aromatic carbocycles. The third-order valence-electron chi connectivity index (χ3n) is 3.00. The lowest BCUT2D eigenvalue weighted by Crippen LogP contribution is -2.39. The molecular weight excluding hydrogens is 304 g/mol. The Morgan fingerprint density at radius 1 is 1.09 bits per heavy atom. The molecule has 0 aliphatic heterocycles. The third-order valence-corrected chi connectivity index (χ3v) is 3.00. The van der Waals surface area contributed by atoms with Crippen LogP contribution in [0.25, 0.3) is 0 Å². The number of nitrogens with zero attached hydrogens (tertiary/aromatic N) is 1. The summed E-state index contributed by atoms with van der Waals surface area (Å²) in [6.07, 6.45) is 0. The highest BCUT2D eigenvalue weighted by Crippen LogP contribution is 2.22. The van der Waals surface area contributed by atoms with Crippen LogP contribution in [-0.4, -0.2) is 64.2 Å². The van der Waals surface area contributed by atoms with E-state index in [1.54, 1.807) is 6.07 Å². The quantitative estimate of drug-likeness (QED) is 0.713. The maximum absolute atomic E-state index is 12.0. The van der Waals surface area contributed by atoms with Gasteiger partial charge in [0.2, 0.25) is 5.91 Å². The molecule has 0 radical (unpaired) electrons. The molecule has 1 aromatic rings. The molecule has 0 atom stereocenters. The summed E-state index contributed by atoms with van der Waals surface area (Å²) >= 11 is 0. The molecule has 0 aromatic heterocycles. The average molecular weight is 324 g/mol. The predicted octanol–water partition coefficient (Wildman–Crippen LogP) is 0.0650. The molecule has 0 spiro atoms. The van der Waals surface area contributed by atoms with Crippen molar-refractivity contribution in [3.05, 3.63) is 23.8 Å². The number of methoxy groups -OCH3 is 2. The summed E-state index contributed by atoms with van der Waals surface area (Å²) in [5, 5.41) is 2.40. The Kier molecular flexibility index (Phi) is 6.85. The van der Waals surface area contributed by atoms with Gasteiger partial charge in [0.25, 0.3) is 5.91 Å². The molecule has 0 aliphatic carbocycles. The highest BCUT2D eigenvalue weighted by molar-refractivity contribution is 5.92. The second-order valence-corrected chi connectivity index (χ2v) is 4.60. The highest BCUT2D eigenvalue weighted by Gasteiger charge is 2.16. The molecule has 0 saturated heterocycles. The number of nitrogens with one attached hydrogen (secondary N) is 1. The summed E-state index contributed by atoms with van der Waals surface area (Å²) < 4.78 is 15.1. The molecule has 1 rings (SSSR count). The zero-order valence-corrected chi connectivity index (χ0v) is 13.5. The van der Waals surface area contributed by atoms with Crippen LogP contribution in [0.1, 0.15) is 10.4 Å². The van der Waals surface area contributed by atoms with Gasteiger partial charge >= 0.3 is 5.97 Å². The molecule has 0 heterocycles. The van der Waals surface area contributed by atoms with Crippen molar-refractivity contribution < 1.29 is 28.6 Å². The van der Waals surface area contributed by atoms with Gasteiger partial charge in [-0.3, -0.25) is 9.59 Å². The lowest BCUT2D eigenvalue weighted by atomic mass is 10.2. The summed E-state index contributed by atoms with van der Waals surface area (Å²) in [6, 6.07) is 4.56. The van der Waals surface area contributed by atoms with E-state index in [0.29, 0.717) is 11.5 Å². The Bertz CT molecular complexity index is 565. The third kappa shape index (κ3) is 5.50. The van der Waals surface area contributed by atoms with E-state index in [2.05, 4.69) is 5.32 Å². The van der Waals surface area contributed by atoms with Crippen LogP contribution in [0.5, 0.6) is 11.5 Å². The van der Waals surface area contributed by atoms with Crippen molar-refractivity contribution in [3.8, 4) is 11.5 Å². The molecular formula is C15H20N2O6. The molecule has 0 aliphatic rings. The Balaban J connectivity index is 2.66. The van der Waals surface area contributed by atoms with Gasteiger partial charge < -0.3 is 24.4 Å². The molecule has 2 amide bonds. The molecule has 0 unspecified atom stereocenters. The first-order valence-electron chi connectivity index (χ1n) is 6.76. The predicted molar refractivity (Wildman–Crippen MR) is 81.5 cm³/mol. The minimum atomic E-state index is -0.691. The van der Waals surface area contributed by atoms with E-state index >= 15 is 0 Å². The van der Waals surface area contributed by atoms with Gasteiger partial charge in [0.05, 0.1) is 26.3 Å². The van der Waals surface area contributed by atoms with Crippen molar-refractivity contribution in [2.24, 2.45) is 0 Å². The van der Waals surface area contributed by atoms with E-state index in [9.17, 15) is 14.4 Å². The van der Waals surface area contributed by atoms with Crippen molar-refractivity contribution in [1.82, 2.24) is 10.2 Å². The maximum atomic E-state index is 12.0. The molecule has 126 valence electrons. The Morgan fingerprint density at radius 2 is 1.65 bits per heavy atom. The largest absolute Gasteiger partial charge is 0.497 e. The van der Waals surface area contributed by atoms with Crippen LogP contribution < -0.4 is 14.8 Å². The van der Waals surface area contributed by atoms with Gasteiger partial charge in [-0.2, -0.15) is 0 Å². The van der Waals surface area contributed by atoms with Gasteiger partial charge in [-0.15, -0.1) is 0 Å². The van der Waals surface area contributed by atoms with Gasteiger partial charge in [0.15, 0.2) is 6.61 Å². The lowest BCUT2D eigenvalue weighted by Gasteiger charge is -2.16. The van der Waals surface area contributed by atoms with Crippen molar-refractivity contribution in [2.75, 3.05) is 41.5 Å². The number of ether oxygens (including phenoxy) is 3. The zero-order chi connectivity index (χ0) is 17.4. The fourth-order valence-electron chi connectivity index (χ4n) is 1.63. The summed E-state index contributed by atoms with van der Waals surface area (Å²) in [5.41, 5.74) is 0.197. The Labute approximate surface area is 134 Å². The maximum Gasteiger partial charge on any atom is 0.338 e. The van der Waals surface area contributed by atoms with Crippen molar-refractivity contribution >= 4 is 17.8 Å². The topological polar surface area (TPSA) is 94.2 Å². The molecule has 0 bridgehead atoms. The minimum absolute atomic E-state index is 0.111. The van der Waals surface area contributed by atoms with Crippen molar-refractivity contribution in [1.29, 1.82) is 0 Å². The minimum Gasteiger partial charge on any atom is -0.497 e. The fourth-order valence-corrected chi connectivity index (χ4v) is 1.63. The van der Waals surface area contributed by atoms with Crippen molar-refractivity contribution in [2.45, 2.75) is 0 Å². The molecule has 1 N–H and O–H groups in total.